The Morgan fingerprint density at radius 3 is 2.28 bits per heavy atom. The number of fused-ring (bicyclic) bond motifs is 2. The summed E-state index contributed by atoms with van der Waals surface area (Å²) in [6.07, 6.45) is 0. The fourth-order valence-corrected chi connectivity index (χ4v) is 5.66. The number of hydrogen-bond acceptors (Lipinski definition) is 5. The zero-order chi connectivity index (χ0) is 25.3. The van der Waals surface area contributed by atoms with Gasteiger partial charge in [0.1, 0.15) is 24.7 Å². The Bertz CT molecular complexity index is 1580. The van der Waals surface area contributed by atoms with Gasteiger partial charge in [-0.25, -0.2) is 8.42 Å². The highest BCUT2D eigenvalue weighted by Crippen LogP contribution is 2.38. The molecule has 0 radical (unpaired) electrons. The lowest BCUT2D eigenvalue weighted by atomic mass is 10.0. The normalized spacial score (nSPS) is 14.4. The Balaban J connectivity index is 1.48. The van der Waals surface area contributed by atoms with E-state index in [0.29, 0.717) is 11.1 Å². The minimum atomic E-state index is -3.92. The molecule has 0 aromatic heterocycles. The fourth-order valence-electron chi connectivity index (χ4n) is 4.27. The Labute approximate surface area is 210 Å². The van der Waals surface area contributed by atoms with Gasteiger partial charge in [-0.2, -0.15) is 0 Å². The maximum absolute atomic E-state index is 13.6. The molecule has 4 aromatic carbocycles. The quantitative estimate of drug-likeness (QED) is 0.250. The summed E-state index contributed by atoms with van der Waals surface area (Å²) in [5.41, 5.74) is 1.71. The topological polar surface area (TPSA) is 72.9 Å². The predicted molar refractivity (Wildman–Crippen MR) is 139 cm³/mol. The third-order valence-electron chi connectivity index (χ3n) is 6.17. The summed E-state index contributed by atoms with van der Waals surface area (Å²) in [4.78, 5) is 13.7. The van der Waals surface area contributed by atoms with Crippen molar-refractivity contribution >= 4 is 32.3 Å². The zero-order valence-corrected chi connectivity index (χ0v) is 20.8. The van der Waals surface area contributed by atoms with Crippen LogP contribution in [-0.4, -0.2) is 38.8 Å². The van der Waals surface area contributed by atoms with Gasteiger partial charge in [0, 0.05) is 23.6 Å². The smallest absolute Gasteiger partial charge is 0.265 e. The molecule has 1 aliphatic rings. The van der Waals surface area contributed by atoms with Gasteiger partial charge in [-0.3, -0.25) is 9.10 Å². The van der Waals surface area contributed by atoms with Crippen LogP contribution >= 0.6 is 0 Å². The molecule has 0 atom stereocenters. The molecule has 0 amide bonds. The van der Waals surface area contributed by atoms with Gasteiger partial charge < -0.3 is 9.47 Å². The van der Waals surface area contributed by atoms with Crippen LogP contribution in [0.5, 0.6) is 5.75 Å². The molecule has 0 saturated heterocycles. The lowest BCUT2D eigenvalue weighted by Crippen LogP contribution is -2.35. The number of ether oxygens (including phenoxy) is 2. The monoisotopic (exact) mass is 499 g/mol. The number of carbonyl (C=O) groups is 1. The second-order valence-corrected chi connectivity index (χ2v) is 10.5. The number of allylic oxidation sites excluding steroid dienone is 1. The Morgan fingerprint density at radius 1 is 0.806 bits per heavy atom. The molecule has 0 aliphatic carbocycles. The highest BCUT2D eigenvalue weighted by molar-refractivity contribution is 7.89. The number of rotatable bonds is 7. The summed E-state index contributed by atoms with van der Waals surface area (Å²) >= 11 is 0. The fraction of sp³-hybridized carbons (Fsp3) is 0.138. The SMILES string of the molecule is Cc1ccc(C(=O)C2=C(OCCOc3cccc4ccccc34)c3ccccc3S(=O)(=O)N2C)cc1. The predicted octanol–water partition coefficient (Wildman–Crippen LogP) is 5.43. The van der Waals surface area contributed by atoms with Crippen molar-refractivity contribution in [3.05, 3.63) is 113 Å². The van der Waals surface area contributed by atoms with Crippen molar-refractivity contribution in [1.82, 2.24) is 4.31 Å². The molecular formula is C29H25NO5S. The van der Waals surface area contributed by atoms with E-state index in [2.05, 4.69) is 0 Å². The van der Waals surface area contributed by atoms with Crippen LogP contribution < -0.4 is 4.74 Å². The largest absolute Gasteiger partial charge is 0.489 e. The third kappa shape index (κ3) is 4.22. The number of carbonyl (C=O) groups excluding carboxylic acids is 1. The Morgan fingerprint density at radius 2 is 1.47 bits per heavy atom. The molecule has 36 heavy (non-hydrogen) atoms. The summed E-state index contributed by atoms with van der Waals surface area (Å²) in [5, 5.41) is 2.06. The van der Waals surface area contributed by atoms with Gasteiger partial charge in [0.25, 0.3) is 10.0 Å². The molecule has 7 heteroatoms. The average Bonchev–Trinajstić information content (AvgIpc) is 2.89. The van der Waals surface area contributed by atoms with Crippen LogP contribution in [0, 0.1) is 6.92 Å². The molecule has 6 nitrogen and oxygen atoms in total. The van der Waals surface area contributed by atoms with Gasteiger partial charge >= 0.3 is 0 Å². The maximum Gasteiger partial charge on any atom is 0.265 e. The molecule has 5 rings (SSSR count). The molecule has 0 spiro atoms. The summed E-state index contributed by atoms with van der Waals surface area (Å²) in [6.45, 7) is 2.25. The van der Waals surface area contributed by atoms with Crippen LogP contribution in [0.1, 0.15) is 21.5 Å². The van der Waals surface area contributed by atoms with Crippen LogP contribution in [0.25, 0.3) is 16.5 Å². The van der Waals surface area contributed by atoms with E-state index < -0.39 is 15.8 Å². The van der Waals surface area contributed by atoms with Crippen LogP contribution in [-0.2, 0) is 14.8 Å². The molecule has 1 aliphatic heterocycles. The lowest BCUT2D eigenvalue weighted by Gasteiger charge is -2.30. The summed E-state index contributed by atoms with van der Waals surface area (Å²) in [7, 11) is -2.54. The maximum atomic E-state index is 13.6. The van der Waals surface area contributed by atoms with E-state index in [4.69, 9.17) is 9.47 Å². The third-order valence-corrected chi connectivity index (χ3v) is 7.98. The van der Waals surface area contributed by atoms with E-state index in [1.54, 1.807) is 30.3 Å². The average molecular weight is 500 g/mol. The first kappa shape index (κ1) is 23.6. The van der Waals surface area contributed by atoms with Crippen LogP contribution in [0.4, 0.5) is 0 Å². The number of likely N-dealkylation sites (N-methyl/N-ethyl adjacent to an activating group) is 1. The summed E-state index contributed by atoms with van der Waals surface area (Å²) < 4.78 is 39.6. The standard InChI is InChI=1S/C29H25NO5S/c1-20-14-16-22(17-15-20)28(31)27-29(24-11-5-6-13-26(24)36(32,33)30(27)2)35-19-18-34-25-12-7-9-21-8-3-4-10-23(21)25/h3-17H,18-19H2,1-2H3. The van der Waals surface area contributed by atoms with E-state index in [1.165, 1.54) is 13.1 Å². The van der Waals surface area contributed by atoms with E-state index in [1.807, 2.05) is 61.5 Å². The molecule has 182 valence electrons. The molecule has 0 bridgehead atoms. The minimum absolute atomic E-state index is 0.0253. The number of ketones is 1. The number of hydrogen-bond donors (Lipinski definition) is 0. The van der Waals surface area contributed by atoms with Gasteiger partial charge in [0.15, 0.2) is 5.76 Å². The van der Waals surface area contributed by atoms with E-state index in [9.17, 15) is 13.2 Å². The van der Waals surface area contributed by atoms with E-state index >= 15 is 0 Å². The second kappa shape index (κ2) is 9.51. The zero-order valence-electron chi connectivity index (χ0n) is 20.0. The number of sulfonamides is 1. The van der Waals surface area contributed by atoms with E-state index in [0.717, 1.165) is 26.4 Å². The van der Waals surface area contributed by atoms with Gasteiger partial charge in [-0.05, 0) is 30.5 Å². The first-order valence-electron chi connectivity index (χ1n) is 11.6. The second-order valence-electron chi connectivity index (χ2n) is 8.52. The molecule has 0 fully saturated rings. The Hall–Kier alpha value is -4.10. The number of Topliss-reactive ketones (excluding diaryl/α,β-unsaturated/α-hetero) is 1. The Kier molecular flexibility index (Phi) is 6.24. The van der Waals surface area contributed by atoms with Gasteiger partial charge in [-0.15, -0.1) is 0 Å². The van der Waals surface area contributed by atoms with Gasteiger partial charge in [0.05, 0.1) is 4.90 Å². The van der Waals surface area contributed by atoms with Crippen molar-refractivity contribution in [2.75, 3.05) is 20.3 Å². The first-order valence-corrected chi connectivity index (χ1v) is 13.0. The highest BCUT2D eigenvalue weighted by Gasteiger charge is 2.38. The van der Waals surface area contributed by atoms with Crippen molar-refractivity contribution < 1.29 is 22.7 Å². The van der Waals surface area contributed by atoms with Crippen molar-refractivity contribution in [3.63, 3.8) is 0 Å². The molecular weight excluding hydrogens is 474 g/mol. The first-order chi connectivity index (χ1) is 17.4. The minimum Gasteiger partial charge on any atom is -0.489 e. The summed E-state index contributed by atoms with van der Waals surface area (Å²) in [5.74, 6) is 0.515. The van der Waals surface area contributed by atoms with Crippen molar-refractivity contribution in [3.8, 4) is 5.75 Å². The number of nitrogens with zero attached hydrogens (tertiary/aromatic N) is 1. The van der Waals surface area contributed by atoms with Crippen molar-refractivity contribution in [2.24, 2.45) is 0 Å². The molecule has 0 unspecified atom stereocenters. The molecule has 0 N–H and O–H groups in total. The van der Waals surface area contributed by atoms with Crippen LogP contribution in [0.2, 0.25) is 0 Å². The van der Waals surface area contributed by atoms with Crippen LogP contribution in [0.15, 0.2) is 102 Å². The molecule has 1 heterocycles. The van der Waals surface area contributed by atoms with Crippen LogP contribution in [0.3, 0.4) is 0 Å². The molecule has 4 aromatic rings. The number of aryl methyl sites for hydroxylation is 1. The highest BCUT2D eigenvalue weighted by atomic mass is 32.2. The molecule has 0 saturated carbocycles. The van der Waals surface area contributed by atoms with E-state index in [-0.39, 0.29) is 29.6 Å². The van der Waals surface area contributed by atoms with Crippen molar-refractivity contribution in [2.45, 2.75) is 11.8 Å². The summed E-state index contributed by atoms with van der Waals surface area (Å²) in [6, 6.07) is 27.3. The van der Waals surface area contributed by atoms with Gasteiger partial charge in [-0.1, -0.05) is 78.4 Å². The van der Waals surface area contributed by atoms with Crippen molar-refractivity contribution in [1.29, 1.82) is 0 Å². The lowest BCUT2D eigenvalue weighted by molar-refractivity contribution is 0.100. The van der Waals surface area contributed by atoms with Gasteiger partial charge in [0.2, 0.25) is 5.78 Å². The number of benzene rings is 4.